The molecule has 1 N–H and O–H groups in total. The number of ether oxygens (including phenoxy) is 1. The molecular weight excluding hydrogens is 406 g/mol. The molecule has 0 saturated carbocycles. The summed E-state index contributed by atoms with van der Waals surface area (Å²) in [6.45, 7) is 2.36. The van der Waals surface area contributed by atoms with E-state index in [1.165, 1.54) is 12.1 Å². The van der Waals surface area contributed by atoms with Crippen LogP contribution in [-0.2, 0) is 26.0 Å². The molecule has 0 radical (unpaired) electrons. The Bertz CT molecular complexity index is 941. The van der Waals surface area contributed by atoms with Crippen LogP contribution in [0.25, 0.3) is 0 Å². The minimum absolute atomic E-state index is 0.136. The van der Waals surface area contributed by atoms with Gasteiger partial charge in [-0.25, -0.2) is 8.42 Å². The van der Waals surface area contributed by atoms with Gasteiger partial charge in [0.1, 0.15) is 5.75 Å². The van der Waals surface area contributed by atoms with Crippen molar-refractivity contribution < 1.29 is 27.9 Å². The van der Waals surface area contributed by atoms with E-state index >= 15 is 0 Å². The molecule has 0 heterocycles. The quantitative estimate of drug-likeness (QED) is 0.547. The summed E-state index contributed by atoms with van der Waals surface area (Å²) in [7, 11) is -3.26. The first-order valence-electron chi connectivity index (χ1n) is 9.64. The first-order chi connectivity index (χ1) is 14.2. The molecule has 0 fully saturated rings. The van der Waals surface area contributed by atoms with Gasteiger partial charge in [0, 0.05) is 25.8 Å². The summed E-state index contributed by atoms with van der Waals surface area (Å²) in [6, 6.07) is 15.5. The summed E-state index contributed by atoms with van der Waals surface area (Å²) in [5.41, 5.74) is 0.936. The third-order valence-electron chi connectivity index (χ3n) is 4.54. The van der Waals surface area contributed by atoms with Crippen LogP contribution in [-0.4, -0.2) is 49.7 Å². The number of sulfone groups is 1. The van der Waals surface area contributed by atoms with E-state index in [9.17, 15) is 23.1 Å². The highest BCUT2D eigenvalue weighted by Crippen LogP contribution is 2.16. The maximum absolute atomic E-state index is 12.7. The van der Waals surface area contributed by atoms with Gasteiger partial charge in [-0.3, -0.25) is 9.59 Å². The molecule has 1 unspecified atom stereocenters. The Labute approximate surface area is 177 Å². The van der Waals surface area contributed by atoms with Crippen molar-refractivity contribution >= 4 is 21.7 Å². The molecule has 2 aromatic rings. The molecule has 0 aliphatic carbocycles. The number of aliphatic carboxylic acids is 1. The van der Waals surface area contributed by atoms with Gasteiger partial charge >= 0.3 is 5.97 Å². The van der Waals surface area contributed by atoms with E-state index in [1.807, 2.05) is 30.3 Å². The molecule has 0 aromatic heterocycles. The number of carboxylic acids is 1. The average molecular weight is 434 g/mol. The van der Waals surface area contributed by atoms with Gasteiger partial charge in [0.25, 0.3) is 0 Å². The Kier molecular flexibility index (Phi) is 8.41. The van der Waals surface area contributed by atoms with Gasteiger partial charge in [0.05, 0.1) is 17.4 Å². The molecule has 0 bridgehead atoms. The minimum Gasteiger partial charge on any atom is -0.494 e. The number of amides is 1. The van der Waals surface area contributed by atoms with Crippen LogP contribution in [0.5, 0.6) is 5.75 Å². The van der Waals surface area contributed by atoms with Crippen LogP contribution < -0.4 is 4.74 Å². The van der Waals surface area contributed by atoms with E-state index in [-0.39, 0.29) is 30.4 Å². The molecule has 2 aromatic carbocycles. The Morgan fingerprint density at radius 1 is 1.07 bits per heavy atom. The number of hydrogen-bond acceptors (Lipinski definition) is 5. The molecule has 30 heavy (non-hydrogen) atoms. The lowest BCUT2D eigenvalue weighted by atomic mass is 10.1. The van der Waals surface area contributed by atoms with Crippen LogP contribution in [0, 0.1) is 5.92 Å². The van der Waals surface area contributed by atoms with Gasteiger partial charge in [-0.15, -0.1) is 0 Å². The fourth-order valence-electron chi connectivity index (χ4n) is 2.82. The summed E-state index contributed by atoms with van der Waals surface area (Å²) in [6.07, 6.45) is 1.82. The van der Waals surface area contributed by atoms with Crippen molar-refractivity contribution in [3.63, 3.8) is 0 Å². The monoisotopic (exact) mass is 433 g/mol. The number of carboxylic acid groups (broad SMARTS) is 1. The van der Waals surface area contributed by atoms with E-state index in [0.29, 0.717) is 18.7 Å². The largest absolute Gasteiger partial charge is 0.494 e. The SMILES string of the molecule is CC(CN(Cc1ccccc1)C(=O)CCCOc1ccc(S(C)(=O)=O)cc1)C(=O)O. The number of carbonyl (C=O) groups excluding carboxylic acids is 1. The molecule has 1 atom stereocenters. The maximum Gasteiger partial charge on any atom is 0.308 e. The van der Waals surface area contributed by atoms with Gasteiger partial charge in [-0.05, 0) is 36.2 Å². The average Bonchev–Trinajstić information content (AvgIpc) is 2.71. The van der Waals surface area contributed by atoms with Crippen molar-refractivity contribution in [2.24, 2.45) is 5.92 Å². The molecule has 0 aliphatic heterocycles. The molecule has 0 saturated heterocycles. The second-order valence-corrected chi connectivity index (χ2v) is 9.21. The predicted molar refractivity (Wildman–Crippen MR) is 113 cm³/mol. The molecular formula is C22H27NO6S. The number of carbonyl (C=O) groups is 2. The van der Waals surface area contributed by atoms with Gasteiger partial charge in [-0.2, -0.15) is 0 Å². The first kappa shape index (κ1) is 23.4. The topological polar surface area (TPSA) is 101 Å². The van der Waals surface area contributed by atoms with E-state index in [2.05, 4.69) is 0 Å². The summed E-state index contributed by atoms with van der Waals surface area (Å²) in [4.78, 5) is 25.7. The van der Waals surface area contributed by atoms with Crippen LogP contribution in [0.1, 0.15) is 25.3 Å². The molecule has 2 rings (SSSR count). The number of hydrogen-bond donors (Lipinski definition) is 1. The molecule has 1 amide bonds. The summed E-state index contributed by atoms with van der Waals surface area (Å²) in [5, 5.41) is 9.19. The second-order valence-electron chi connectivity index (χ2n) is 7.19. The molecule has 7 nitrogen and oxygen atoms in total. The zero-order valence-electron chi connectivity index (χ0n) is 17.2. The highest BCUT2D eigenvalue weighted by atomic mass is 32.2. The lowest BCUT2D eigenvalue weighted by molar-refractivity contribution is -0.143. The molecule has 8 heteroatoms. The summed E-state index contributed by atoms with van der Waals surface area (Å²) >= 11 is 0. The fraction of sp³-hybridized carbons (Fsp3) is 0.364. The van der Waals surface area contributed by atoms with Crippen molar-refractivity contribution in [1.82, 2.24) is 4.90 Å². The van der Waals surface area contributed by atoms with Crippen LogP contribution in [0.4, 0.5) is 0 Å². The van der Waals surface area contributed by atoms with Crippen LogP contribution in [0.2, 0.25) is 0 Å². The number of nitrogens with zero attached hydrogens (tertiary/aromatic N) is 1. The molecule has 0 aliphatic rings. The zero-order chi connectivity index (χ0) is 22.1. The van der Waals surface area contributed by atoms with Gasteiger partial charge < -0.3 is 14.7 Å². The standard InChI is InChI=1S/C22H27NO6S/c1-17(22(25)26)15-23(16-18-7-4-3-5-8-18)21(24)9-6-14-29-19-10-12-20(13-11-19)30(2,27)28/h3-5,7-8,10-13,17H,6,9,14-16H2,1-2H3,(H,25,26). The van der Waals surface area contributed by atoms with E-state index in [1.54, 1.807) is 24.0 Å². The Balaban J connectivity index is 1.89. The van der Waals surface area contributed by atoms with Crippen LogP contribution in [0.15, 0.2) is 59.5 Å². The van der Waals surface area contributed by atoms with Crippen molar-refractivity contribution in [3.8, 4) is 5.75 Å². The second kappa shape index (κ2) is 10.8. The molecule has 0 spiro atoms. The van der Waals surface area contributed by atoms with Crippen molar-refractivity contribution in [2.75, 3.05) is 19.4 Å². The number of benzene rings is 2. The lowest BCUT2D eigenvalue weighted by Crippen LogP contribution is -2.36. The Morgan fingerprint density at radius 2 is 1.70 bits per heavy atom. The molecule has 162 valence electrons. The fourth-order valence-corrected chi connectivity index (χ4v) is 3.45. The minimum atomic E-state index is -3.26. The zero-order valence-corrected chi connectivity index (χ0v) is 18.0. The predicted octanol–water partition coefficient (Wildman–Crippen LogP) is 3.00. The van der Waals surface area contributed by atoms with Crippen LogP contribution in [0.3, 0.4) is 0 Å². The smallest absolute Gasteiger partial charge is 0.308 e. The van der Waals surface area contributed by atoms with E-state index in [0.717, 1.165) is 11.8 Å². The lowest BCUT2D eigenvalue weighted by Gasteiger charge is -2.25. The summed E-state index contributed by atoms with van der Waals surface area (Å²) < 4.78 is 28.5. The van der Waals surface area contributed by atoms with Crippen LogP contribution >= 0.6 is 0 Å². The maximum atomic E-state index is 12.7. The third kappa shape index (κ3) is 7.51. The van der Waals surface area contributed by atoms with Gasteiger partial charge in [0.2, 0.25) is 5.91 Å². The summed E-state index contributed by atoms with van der Waals surface area (Å²) in [5.74, 6) is -1.22. The van der Waals surface area contributed by atoms with Gasteiger partial charge in [-0.1, -0.05) is 37.3 Å². The Hall–Kier alpha value is -2.87. The number of rotatable bonds is 11. The van der Waals surface area contributed by atoms with E-state index < -0.39 is 21.7 Å². The van der Waals surface area contributed by atoms with Crippen molar-refractivity contribution in [1.29, 1.82) is 0 Å². The van der Waals surface area contributed by atoms with Crippen molar-refractivity contribution in [3.05, 3.63) is 60.2 Å². The van der Waals surface area contributed by atoms with E-state index in [4.69, 9.17) is 4.74 Å². The third-order valence-corrected chi connectivity index (χ3v) is 5.67. The van der Waals surface area contributed by atoms with Crippen molar-refractivity contribution in [2.45, 2.75) is 31.2 Å². The normalized spacial score (nSPS) is 12.2. The highest BCUT2D eigenvalue weighted by Gasteiger charge is 2.20. The Morgan fingerprint density at radius 3 is 2.27 bits per heavy atom. The highest BCUT2D eigenvalue weighted by molar-refractivity contribution is 7.90. The first-order valence-corrected chi connectivity index (χ1v) is 11.5. The van der Waals surface area contributed by atoms with Gasteiger partial charge in [0.15, 0.2) is 9.84 Å².